The van der Waals surface area contributed by atoms with Gasteiger partial charge in [0, 0.05) is 68.0 Å². The molecule has 4 N–H and O–H groups in total. The summed E-state index contributed by atoms with van der Waals surface area (Å²) >= 11 is 0. The number of rotatable bonds is 13. The van der Waals surface area contributed by atoms with Gasteiger partial charge in [-0.3, -0.25) is 0 Å². The van der Waals surface area contributed by atoms with E-state index in [9.17, 15) is 19.2 Å². The quantitative estimate of drug-likeness (QED) is 0.113. The van der Waals surface area contributed by atoms with Crippen LogP contribution in [0.3, 0.4) is 0 Å². The lowest BCUT2D eigenvalue weighted by Gasteiger charge is -2.28. The molecule has 64 heavy (non-hydrogen) atoms. The number of hydrogen-bond acceptors (Lipinski definition) is 12. The number of esters is 4. The van der Waals surface area contributed by atoms with Gasteiger partial charge in [0.1, 0.15) is 0 Å². The minimum absolute atomic E-state index is 0.0521. The molecule has 4 unspecified atom stereocenters. The normalized spacial score (nSPS) is 27.4. The fraction of sp³-hybridized carbons (Fsp3) is 0.692. The SMILES string of the molecule is CC1(C)CC(COC(=O)c2cc(C(=O)OCC3CC(C)(C)NC3(C)C)cc(-c3cc(C(=O)OCC4CC(C)(C)NC4(C)C)cc(C(=O)OCC4CC(C)(C)NC4(C)C)c3)c2)C(C)(C)N1. The molecule has 2 aromatic rings. The number of ether oxygens (including phenoxy) is 4. The Morgan fingerprint density at radius 1 is 0.375 bits per heavy atom. The summed E-state index contributed by atoms with van der Waals surface area (Å²) in [5, 5.41) is 14.6. The molecule has 12 heteroatoms. The zero-order valence-electron chi connectivity index (χ0n) is 41.7. The maximum atomic E-state index is 14.1. The summed E-state index contributed by atoms with van der Waals surface area (Å²) in [4.78, 5) is 56.3. The maximum absolute atomic E-state index is 14.1. The smallest absolute Gasteiger partial charge is 0.338 e. The number of carbonyl (C=O) groups excluding carboxylic acids is 4. The van der Waals surface area contributed by atoms with Gasteiger partial charge in [0.15, 0.2) is 0 Å². The largest absolute Gasteiger partial charge is 0.462 e. The Labute approximate surface area is 382 Å². The molecule has 4 heterocycles. The van der Waals surface area contributed by atoms with E-state index in [1.165, 1.54) is 12.1 Å². The summed E-state index contributed by atoms with van der Waals surface area (Å²) in [7, 11) is 0. The highest BCUT2D eigenvalue weighted by Gasteiger charge is 2.47. The van der Waals surface area contributed by atoms with Crippen molar-refractivity contribution in [1.82, 2.24) is 21.3 Å². The second-order valence-corrected chi connectivity index (χ2v) is 24.5. The minimum Gasteiger partial charge on any atom is -0.462 e. The average molecular weight is 887 g/mol. The lowest BCUT2D eigenvalue weighted by Crippen LogP contribution is -2.45. The van der Waals surface area contributed by atoms with Crippen LogP contribution in [0.1, 0.15) is 178 Å². The Kier molecular flexibility index (Phi) is 13.3. The predicted octanol–water partition coefficient (Wildman–Crippen LogP) is 8.65. The zero-order chi connectivity index (χ0) is 47.6. The van der Waals surface area contributed by atoms with Crippen LogP contribution in [-0.4, -0.2) is 94.6 Å². The molecule has 0 aliphatic carbocycles. The van der Waals surface area contributed by atoms with Crippen LogP contribution < -0.4 is 21.3 Å². The van der Waals surface area contributed by atoms with Gasteiger partial charge < -0.3 is 40.2 Å². The summed E-state index contributed by atoms with van der Waals surface area (Å²) < 4.78 is 24.0. The van der Waals surface area contributed by atoms with E-state index < -0.39 is 23.9 Å². The second-order valence-electron chi connectivity index (χ2n) is 24.5. The maximum Gasteiger partial charge on any atom is 0.338 e. The molecular weight excluding hydrogens is 809 g/mol. The fourth-order valence-electron chi connectivity index (χ4n) is 11.8. The molecule has 0 saturated carbocycles. The van der Waals surface area contributed by atoms with Gasteiger partial charge in [-0.05, 0) is 184 Å². The molecule has 0 aromatic heterocycles. The molecule has 4 atom stereocenters. The Bertz CT molecular complexity index is 1840. The van der Waals surface area contributed by atoms with Crippen LogP contribution in [0.15, 0.2) is 36.4 Å². The van der Waals surface area contributed by atoms with Gasteiger partial charge in [-0.15, -0.1) is 0 Å². The third kappa shape index (κ3) is 11.6. The van der Waals surface area contributed by atoms with E-state index in [0.717, 1.165) is 25.7 Å². The zero-order valence-corrected chi connectivity index (χ0v) is 41.7. The number of carbonyl (C=O) groups is 4. The molecular formula is C52H78N4O8. The van der Waals surface area contributed by atoms with Gasteiger partial charge in [0.05, 0.1) is 48.7 Å². The molecule has 354 valence electrons. The molecule has 4 aliphatic rings. The van der Waals surface area contributed by atoms with Gasteiger partial charge in [-0.2, -0.15) is 0 Å². The van der Waals surface area contributed by atoms with Gasteiger partial charge in [-0.1, -0.05) is 0 Å². The third-order valence-corrected chi connectivity index (χ3v) is 14.6. The number of benzene rings is 2. The Hall–Kier alpha value is -3.84. The summed E-state index contributed by atoms with van der Waals surface area (Å²) in [6.07, 6.45) is 3.26. The van der Waals surface area contributed by atoms with Crippen molar-refractivity contribution in [3.8, 4) is 11.1 Å². The van der Waals surface area contributed by atoms with Crippen molar-refractivity contribution in [2.45, 2.75) is 181 Å². The van der Waals surface area contributed by atoms with E-state index in [-0.39, 0.29) is 117 Å². The van der Waals surface area contributed by atoms with Crippen LogP contribution in [0, 0.1) is 23.7 Å². The second kappa shape index (κ2) is 17.1. The van der Waals surface area contributed by atoms with E-state index in [1.54, 1.807) is 24.3 Å². The molecule has 4 fully saturated rings. The predicted molar refractivity (Wildman–Crippen MR) is 251 cm³/mol. The molecule has 0 bridgehead atoms. The van der Waals surface area contributed by atoms with E-state index >= 15 is 0 Å². The van der Waals surface area contributed by atoms with E-state index in [0.29, 0.717) is 11.1 Å². The van der Waals surface area contributed by atoms with Crippen molar-refractivity contribution in [1.29, 1.82) is 0 Å². The van der Waals surface area contributed by atoms with Crippen molar-refractivity contribution >= 4 is 23.9 Å². The van der Waals surface area contributed by atoms with E-state index in [1.807, 2.05) is 0 Å². The first-order valence-electron chi connectivity index (χ1n) is 23.3. The van der Waals surface area contributed by atoms with Gasteiger partial charge in [0.2, 0.25) is 0 Å². The Balaban J connectivity index is 1.35. The molecule has 0 amide bonds. The molecule has 6 rings (SSSR count). The van der Waals surface area contributed by atoms with Gasteiger partial charge in [-0.25, -0.2) is 19.2 Å². The van der Waals surface area contributed by atoms with Crippen molar-refractivity contribution in [2.75, 3.05) is 26.4 Å². The van der Waals surface area contributed by atoms with Crippen molar-refractivity contribution < 1.29 is 38.1 Å². The fourth-order valence-corrected chi connectivity index (χ4v) is 11.8. The molecule has 0 spiro atoms. The summed E-state index contributed by atoms with van der Waals surface area (Å²) in [6.45, 7) is 34.7. The first kappa shape index (κ1) is 49.6. The van der Waals surface area contributed by atoms with E-state index in [2.05, 4.69) is 132 Å². The van der Waals surface area contributed by atoms with Gasteiger partial charge >= 0.3 is 23.9 Å². The standard InChI is InChI=1S/C52H78N4O8/c1-45(2)23-37(49(9,10)53-45)27-61-41(57)33-17-31(18-34(21-33)42(58)62-28-38-24-46(3,4)54-50(38,11)12)32-19-35(43(59)63-29-39-25-47(5,6)55-51(39,13)14)22-36(20-32)44(60)64-30-40-26-48(7,8)56-52(40,15)16/h17-22,37-40,53-56H,23-30H2,1-16H3. The summed E-state index contributed by atoms with van der Waals surface area (Å²) in [5.74, 6) is -2.18. The Morgan fingerprint density at radius 3 is 0.719 bits per heavy atom. The highest BCUT2D eigenvalue weighted by molar-refractivity contribution is 6.00. The lowest BCUT2D eigenvalue weighted by atomic mass is 9.88. The third-order valence-electron chi connectivity index (χ3n) is 14.6. The minimum atomic E-state index is -0.596. The highest BCUT2D eigenvalue weighted by Crippen LogP contribution is 2.40. The van der Waals surface area contributed by atoms with Crippen molar-refractivity contribution in [2.24, 2.45) is 23.7 Å². The average Bonchev–Trinajstić information content (AvgIpc) is 3.70. The van der Waals surface area contributed by atoms with Crippen LogP contribution in [-0.2, 0) is 18.9 Å². The molecule has 4 aliphatic heterocycles. The Morgan fingerprint density at radius 2 is 0.562 bits per heavy atom. The van der Waals surface area contributed by atoms with E-state index in [4.69, 9.17) is 18.9 Å². The topological polar surface area (TPSA) is 153 Å². The molecule has 4 saturated heterocycles. The molecule has 0 radical (unpaired) electrons. The van der Waals surface area contributed by atoms with Crippen LogP contribution >= 0.6 is 0 Å². The van der Waals surface area contributed by atoms with Crippen LogP contribution in [0.25, 0.3) is 11.1 Å². The first-order valence-corrected chi connectivity index (χ1v) is 23.3. The lowest BCUT2D eigenvalue weighted by molar-refractivity contribution is 0.0380. The van der Waals surface area contributed by atoms with Crippen molar-refractivity contribution in [3.05, 3.63) is 58.7 Å². The summed E-state index contributed by atoms with van der Waals surface area (Å²) in [6, 6.07) is 9.55. The van der Waals surface area contributed by atoms with Crippen molar-refractivity contribution in [3.63, 3.8) is 0 Å². The number of nitrogens with one attached hydrogen (secondary N) is 4. The first-order chi connectivity index (χ1) is 29.2. The van der Waals surface area contributed by atoms with Crippen LogP contribution in [0.2, 0.25) is 0 Å². The molecule has 12 nitrogen and oxygen atoms in total. The summed E-state index contributed by atoms with van der Waals surface area (Å²) in [5.41, 5.74) is -0.134. The highest BCUT2D eigenvalue weighted by atomic mass is 16.5. The van der Waals surface area contributed by atoms with Gasteiger partial charge in [0.25, 0.3) is 0 Å². The number of hydrogen-bond donors (Lipinski definition) is 4. The monoisotopic (exact) mass is 887 g/mol. The van der Waals surface area contributed by atoms with Crippen LogP contribution in [0.5, 0.6) is 0 Å². The molecule has 2 aromatic carbocycles. The van der Waals surface area contributed by atoms with Crippen LogP contribution in [0.4, 0.5) is 0 Å².